The van der Waals surface area contributed by atoms with Crippen molar-refractivity contribution in [2.75, 3.05) is 15.4 Å². The maximum Gasteiger partial charge on any atom is 0.261 e. The summed E-state index contributed by atoms with van der Waals surface area (Å²) in [5.41, 5.74) is 2.91. The highest BCUT2D eigenvalue weighted by molar-refractivity contribution is 7.92. The Morgan fingerprint density at radius 2 is 1.46 bits per heavy atom. The molecule has 0 amide bonds. The summed E-state index contributed by atoms with van der Waals surface area (Å²) in [6.45, 7) is 1.92. The molecule has 0 unspecified atom stereocenters. The smallest absolute Gasteiger partial charge is 0.261 e. The summed E-state index contributed by atoms with van der Waals surface area (Å²) >= 11 is 11.4. The molecular weight excluding hydrogens is 414 g/mol. The van der Waals surface area contributed by atoms with Crippen LogP contribution in [0.4, 0.5) is 17.1 Å². The van der Waals surface area contributed by atoms with Crippen LogP contribution in [-0.2, 0) is 10.0 Å². The van der Waals surface area contributed by atoms with E-state index in [0.29, 0.717) is 21.5 Å². The van der Waals surface area contributed by atoms with Crippen LogP contribution in [0.1, 0.15) is 5.56 Å². The quantitative estimate of drug-likeness (QED) is 0.481. The van der Waals surface area contributed by atoms with Gasteiger partial charge in [-0.15, -0.1) is 0 Å². The summed E-state index contributed by atoms with van der Waals surface area (Å²) in [7, 11) is -3.66. The van der Waals surface area contributed by atoms with Gasteiger partial charge in [-0.1, -0.05) is 35.9 Å². The Morgan fingerprint density at radius 1 is 0.857 bits per heavy atom. The van der Waals surface area contributed by atoms with Gasteiger partial charge in [0, 0.05) is 22.1 Å². The fourth-order valence-electron chi connectivity index (χ4n) is 2.40. The SMILES string of the molecule is Cc1ccc(NC(=S)Nc2ccc(S(=O)(=O)Nc3ccccc3)cc2)cc1Cl. The second-order valence-corrected chi connectivity index (χ2v) is 8.54. The minimum absolute atomic E-state index is 0.158. The number of anilines is 3. The highest BCUT2D eigenvalue weighted by atomic mass is 35.5. The normalized spacial score (nSPS) is 10.9. The lowest BCUT2D eigenvalue weighted by molar-refractivity contribution is 0.601. The number of halogens is 1. The first-order valence-electron chi connectivity index (χ1n) is 8.35. The summed E-state index contributed by atoms with van der Waals surface area (Å²) in [6.07, 6.45) is 0. The second-order valence-electron chi connectivity index (χ2n) is 6.04. The van der Waals surface area contributed by atoms with Gasteiger partial charge >= 0.3 is 0 Å². The molecule has 8 heteroatoms. The molecule has 0 fully saturated rings. The van der Waals surface area contributed by atoms with Gasteiger partial charge in [-0.25, -0.2) is 8.42 Å². The van der Waals surface area contributed by atoms with E-state index in [0.717, 1.165) is 11.3 Å². The van der Waals surface area contributed by atoms with E-state index in [1.165, 1.54) is 12.1 Å². The molecule has 0 aliphatic rings. The first kappa shape index (κ1) is 20.1. The maximum atomic E-state index is 12.5. The van der Waals surface area contributed by atoms with Crippen LogP contribution in [0, 0.1) is 6.92 Å². The molecule has 0 spiro atoms. The topological polar surface area (TPSA) is 70.2 Å². The molecule has 0 aliphatic carbocycles. The van der Waals surface area contributed by atoms with Gasteiger partial charge in [0.25, 0.3) is 10.0 Å². The van der Waals surface area contributed by atoms with Crippen molar-refractivity contribution in [2.24, 2.45) is 0 Å². The maximum absolute atomic E-state index is 12.5. The minimum atomic E-state index is -3.66. The molecule has 3 rings (SSSR count). The minimum Gasteiger partial charge on any atom is -0.332 e. The van der Waals surface area contributed by atoms with Crippen LogP contribution < -0.4 is 15.4 Å². The van der Waals surface area contributed by atoms with Crippen molar-refractivity contribution in [3.8, 4) is 0 Å². The molecule has 3 aromatic carbocycles. The first-order valence-corrected chi connectivity index (χ1v) is 10.6. The van der Waals surface area contributed by atoms with Crippen molar-refractivity contribution in [2.45, 2.75) is 11.8 Å². The highest BCUT2D eigenvalue weighted by Crippen LogP contribution is 2.21. The van der Waals surface area contributed by atoms with Crippen LogP contribution in [0.2, 0.25) is 5.02 Å². The number of hydrogen-bond acceptors (Lipinski definition) is 3. The fraction of sp³-hybridized carbons (Fsp3) is 0.0500. The van der Waals surface area contributed by atoms with Gasteiger partial charge in [0.1, 0.15) is 0 Å². The Morgan fingerprint density at radius 3 is 2.11 bits per heavy atom. The Kier molecular flexibility index (Phi) is 6.18. The van der Waals surface area contributed by atoms with Crippen LogP contribution in [0.3, 0.4) is 0 Å². The number of aryl methyl sites for hydroxylation is 1. The summed E-state index contributed by atoms with van der Waals surface area (Å²) in [6, 6.07) is 20.6. The molecule has 5 nitrogen and oxygen atoms in total. The third-order valence-corrected chi connectivity index (χ3v) is 5.89. The molecule has 0 atom stereocenters. The standard InChI is InChI=1S/C20H18ClN3O2S2/c1-14-7-8-17(13-19(14)21)23-20(27)22-15-9-11-18(12-10-15)28(25,26)24-16-5-3-2-4-6-16/h2-13,24H,1H3,(H2,22,23,27). The lowest BCUT2D eigenvalue weighted by Crippen LogP contribution is -2.19. The molecule has 0 saturated heterocycles. The Labute approximate surface area is 174 Å². The van der Waals surface area contributed by atoms with E-state index in [-0.39, 0.29) is 4.90 Å². The number of para-hydroxylation sites is 1. The molecule has 3 N–H and O–H groups in total. The zero-order valence-corrected chi connectivity index (χ0v) is 17.3. The van der Waals surface area contributed by atoms with E-state index < -0.39 is 10.0 Å². The zero-order chi connectivity index (χ0) is 20.1. The van der Waals surface area contributed by atoms with Crippen LogP contribution in [-0.4, -0.2) is 13.5 Å². The van der Waals surface area contributed by atoms with Crippen molar-refractivity contribution >= 4 is 56.0 Å². The number of rotatable bonds is 5. The van der Waals surface area contributed by atoms with Gasteiger partial charge in [0.15, 0.2) is 5.11 Å². The van der Waals surface area contributed by atoms with Crippen LogP contribution in [0.15, 0.2) is 77.7 Å². The average Bonchev–Trinajstić information content (AvgIpc) is 2.65. The number of benzene rings is 3. The van der Waals surface area contributed by atoms with Crippen LogP contribution >= 0.6 is 23.8 Å². The predicted octanol–water partition coefficient (Wildman–Crippen LogP) is 5.26. The summed E-state index contributed by atoms with van der Waals surface area (Å²) < 4.78 is 27.4. The van der Waals surface area contributed by atoms with Gasteiger partial charge in [-0.2, -0.15) is 0 Å². The summed E-state index contributed by atoms with van der Waals surface area (Å²) in [5.74, 6) is 0. The van der Waals surface area contributed by atoms with Gasteiger partial charge in [-0.05, 0) is 73.2 Å². The van der Waals surface area contributed by atoms with Gasteiger partial charge < -0.3 is 10.6 Å². The number of nitrogens with one attached hydrogen (secondary N) is 3. The van der Waals surface area contributed by atoms with Crippen molar-refractivity contribution in [1.29, 1.82) is 0 Å². The van der Waals surface area contributed by atoms with Gasteiger partial charge in [0.05, 0.1) is 4.90 Å². The summed E-state index contributed by atoms with van der Waals surface area (Å²) in [4.78, 5) is 0.158. The monoisotopic (exact) mass is 431 g/mol. The number of sulfonamides is 1. The van der Waals surface area contributed by atoms with Gasteiger partial charge in [-0.3, -0.25) is 4.72 Å². The lowest BCUT2D eigenvalue weighted by Gasteiger charge is -2.12. The van der Waals surface area contributed by atoms with E-state index in [1.807, 2.05) is 25.1 Å². The molecule has 0 aliphatic heterocycles. The highest BCUT2D eigenvalue weighted by Gasteiger charge is 2.14. The van der Waals surface area contributed by atoms with Crippen molar-refractivity contribution in [3.05, 3.63) is 83.4 Å². The third-order valence-electron chi connectivity index (χ3n) is 3.88. The van der Waals surface area contributed by atoms with E-state index in [2.05, 4.69) is 15.4 Å². The molecular formula is C20H18ClN3O2S2. The third kappa shape index (κ3) is 5.22. The van der Waals surface area contributed by atoms with E-state index in [4.69, 9.17) is 23.8 Å². The van der Waals surface area contributed by atoms with E-state index in [9.17, 15) is 8.42 Å². The average molecular weight is 432 g/mol. The van der Waals surface area contributed by atoms with Crippen molar-refractivity contribution in [3.63, 3.8) is 0 Å². The van der Waals surface area contributed by atoms with E-state index >= 15 is 0 Å². The first-order chi connectivity index (χ1) is 13.3. The lowest BCUT2D eigenvalue weighted by atomic mass is 10.2. The Balaban J connectivity index is 1.65. The number of hydrogen-bond donors (Lipinski definition) is 3. The molecule has 28 heavy (non-hydrogen) atoms. The fourth-order valence-corrected chi connectivity index (χ4v) is 3.88. The Bertz CT molecular complexity index is 1090. The zero-order valence-electron chi connectivity index (χ0n) is 14.9. The molecule has 0 saturated carbocycles. The molecule has 144 valence electrons. The van der Waals surface area contributed by atoms with Crippen molar-refractivity contribution < 1.29 is 8.42 Å². The van der Waals surface area contributed by atoms with Gasteiger partial charge in [0.2, 0.25) is 0 Å². The molecule has 0 heterocycles. The van der Waals surface area contributed by atoms with Crippen molar-refractivity contribution in [1.82, 2.24) is 0 Å². The van der Waals surface area contributed by atoms with E-state index in [1.54, 1.807) is 42.5 Å². The Hall–Kier alpha value is -2.61. The number of thiocarbonyl (C=S) groups is 1. The summed E-state index contributed by atoms with van der Waals surface area (Å²) in [5, 5.41) is 7.08. The molecule has 3 aromatic rings. The van der Waals surface area contributed by atoms with Crippen LogP contribution in [0.5, 0.6) is 0 Å². The molecule has 0 radical (unpaired) electrons. The largest absolute Gasteiger partial charge is 0.332 e. The molecule has 0 aromatic heterocycles. The van der Waals surface area contributed by atoms with Crippen LogP contribution in [0.25, 0.3) is 0 Å². The molecule has 0 bridgehead atoms. The predicted molar refractivity (Wildman–Crippen MR) is 120 cm³/mol. The second kappa shape index (κ2) is 8.60.